The lowest BCUT2D eigenvalue weighted by Crippen LogP contribution is -2.36. The normalized spacial score (nSPS) is 13.9. The highest BCUT2D eigenvalue weighted by molar-refractivity contribution is 7.20. The number of carbonyl (C=O) groups is 1. The summed E-state index contributed by atoms with van der Waals surface area (Å²) in [5, 5.41) is 6.11. The number of aromatic nitrogens is 2. The molecular formula is C20H19Cl2N5O2S. The minimum Gasteiger partial charge on any atom is -0.378 e. The van der Waals surface area contributed by atoms with Crippen LogP contribution in [0.2, 0.25) is 8.67 Å². The van der Waals surface area contributed by atoms with Gasteiger partial charge in [0.05, 0.1) is 23.1 Å². The van der Waals surface area contributed by atoms with Crippen LogP contribution in [0.5, 0.6) is 0 Å². The van der Waals surface area contributed by atoms with Gasteiger partial charge in [0, 0.05) is 30.5 Å². The monoisotopic (exact) mass is 463 g/mol. The molecule has 1 aliphatic rings. The van der Waals surface area contributed by atoms with E-state index in [1.807, 2.05) is 25.1 Å². The summed E-state index contributed by atoms with van der Waals surface area (Å²) in [6.45, 7) is 4.88. The molecule has 2 N–H and O–H groups in total. The molecular weight excluding hydrogens is 445 g/mol. The highest BCUT2D eigenvalue weighted by Gasteiger charge is 2.15. The lowest BCUT2D eigenvalue weighted by atomic mass is 10.2. The van der Waals surface area contributed by atoms with Gasteiger partial charge in [0.1, 0.15) is 21.8 Å². The third-order valence-corrected chi connectivity index (χ3v) is 5.96. The van der Waals surface area contributed by atoms with Crippen molar-refractivity contribution in [1.82, 2.24) is 9.97 Å². The molecule has 1 aromatic carbocycles. The second kappa shape index (κ2) is 9.18. The second-order valence-electron chi connectivity index (χ2n) is 6.65. The Morgan fingerprint density at radius 1 is 1.10 bits per heavy atom. The Balaban J connectivity index is 1.44. The summed E-state index contributed by atoms with van der Waals surface area (Å²) >= 11 is 13.1. The van der Waals surface area contributed by atoms with E-state index in [4.69, 9.17) is 27.9 Å². The van der Waals surface area contributed by atoms with Crippen LogP contribution in [0.15, 0.2) is 36.4 Å². The molecule has 156 valence electrons. The maximum Gasteiger partial charge on any atom is 0.258 e. The molecule has 1 fully saturated rings. The molecule has 2 aromatic heterocycles. The zero-order valence-electron chi connectivity index (χ0n) is 16.1. The van der Waals surface area contributed by atoms with Crippen LogP contribution in [0, 0.1) is 6.92 Å². The fraction of sp³-hybridized carbons (Fsp3) is 0.250. The van der Waals surface area contributed by atoms with Crippen molar-refractivity contribution in [3.05, 3.63) is 56.5 Å². The van der Waals surface area contributed by atoms with Gasteiger partial charge in [0.2, 0.25) is 0 Å². The first-order valence-corrected chi connectivity index (χ1v) is 10.9. The average molecular weight is 464 g/mol. The lowest BCUT2D eigenvalue weighted by Gasteiger charge is -2.28. The predicted molar refractivity (Wildman–Crippen MR) is 122 cm³/mol. The van der Waals surface area contributed by atoms with Crippen molar-refractivity contribution in [3.63, 3.8) is 0 Å². The molecule has 30 heavy (non-hydrogen) atoms. The third kappa shape index (κ3) is 5.02. The molecule has 3 aromatic rings. The van der Waals surface area contributed by atoms with E-state index in [2.05, 4.69) is 25.5 Å². The van der Waals surface area contributed by atoms with Gasteiger partial charge in [-0.1, -0.05) is 23.2 Å². The van der Waals surface area contributed by atoms with Gasteiger partial charge in [-0.05, 0) is 37.3 Å². The smallest absolute Gasteiger partial charge is 0.258 e. The number of nitrogens with one attached hydrogen (secondary N) is 2. The Morgan fingerprint density at radius 2 is 1.80 bits per heavy atom. The maximum atomic E-state index is 12.4. The van der Waals surface area contributed by atoms with Crippen molar-refractivity contribution in [2.24, 2.45) is 0 Å². The van der Waals surface area contributed by atoms with Gasteiger partial charge in [-0.2, -0.15) is 0 Å². The first kappa shape index (κ1) is 20.9. The van der Waals surface area contributed by atoms with Gasteiger partial charge in [-0.3, -0.25) is 4.79 Å². The van der Waals surface area contributed by atoms with Crippen LogP contribution in [0.1, 0.15) is 16.2 Å². The van der Waals surface area contributed by atoms with Gasteiger partial charge < -0.3 is 20.3 Å². The van der Waals surface area contributed by atoms with E-state index in [1.54, 1.807) is 18.2 Å². The first-order chi connectivity index (χ1) is 14.5. The predicted octanol–water partition coefficient (Wildman–Crippen LogP) is 4.99. The van der Waals surface area contributed by atoms with Gasteiger partial charge in [-0.15, -0.1) is 11.3 Å². The van der Waals surface area contributed by atoms with E-state index in [-0.39, 0.29) is 5.91 Å². The number of thiophene rings is 1. The van der Waals surface area contributed by atoms with E-state index < -0.39 is 0 Å². The molecule has 7 nitrogen and oxygen atoms in total. The number of rotatable bonds is 5. The summed E-state index contributed by atoms with van der Waals surface area (Å²) < 4.78 is 6.25. The van der Waals surface area contributed by atoms with E-state index in [0.717, 1.165) is 35.9 Å². The number of halogens is 2. The zero-order valence-corrected chi connectivity index (χ0v) is 18.4. The summed E-state index contributed by atoms with van der Waals surface area (Å²) in [6.07, 6.45) is 0. The Labute approximate surface area is 188 Å². The van der Waals surface area contributed by atoms with Crippen LogP contribution < -0.4 is 15.5 Å². The average Bonchev–Trinajstić information content (AvgIpc) is 3.08. The molecule has 1 aliphatic heterocycles. The fourth-order valence-corrected chi connectivity index (χ4v) is 4.51. The number of anilines is 4. The van der Waals surface area contributed by atoms with Gasteiger partial charge in [-0.25, -0.2) is 9.97 Å². The third-order valence-electron chi connectivity index (χ3n) is 4.48. The minimum atomic E-state index is -0.301. The maximum absolute atomic E-state index is 12.4. The number of hydrogen-bond acceptors (Lipinski definition) is 7. The molecule has 0 unspecified atom stereocenters. The Morgan fingerprint density at radius 3 is 2.47 bits per heavy atom. The molecule has 0 saturated carbocycles. The summed E-state index contributed by atoms with van der Waals surface area (Å²) in [7, 11) is 0. The molecule has 0 bridgehead atoms. The van der Waals surface area contributed by atoms with Crippen molar-refractivity contribution in [2.45, 2.75) is 6.92 Å². The van der Waals surface area contributed by atoms with Crippen LogP contribution in [-0.4, -0.2) is 42.2 Å². The van der Waals surface area contributed by atoms with Crippen molar-refractivity contribution >= 4 is 63.5 Å². The van der Waals surface area contributed by atoms with Gasteiger partial charge in [0.15, 0.2) is 0 Å². The quantitative estimate of drug-likeness (QED) is 0.554. The second-order valence-corrected chi connectivity index (χ2v) is 8.94. The molecule has 4 rings (SSSR count). The van der Waals surface area contributed by atoms with E-state index in [1.165, 1.54) is 0 Å². The van der Waals surface area contributed by atoms with Crippen molar-refractivity contribution < 1.29 is 9.53 Å². The SMILES string of the molecule is Cc1nc(Nc2ccc(NC(=O)c3cc(Cl)sc3Cl)cc2)cc(N2CCOCC2)n1. The van der Waals surface area contributed by atoms with E-state index in [9.17, 15) is 4.79 Å². The summed E-state index contributed by atoms with van der Waals surface area (Å²) in [5.41, 5.74) is 1.86. The highest BCUT2D eigenvalue weighted by atomic mass is 35.5. The number of carbonyl (C=O) groups excluding carboxylic acids is 1. The summed E-state index contributed by atoms with van der Waals surface area (Å²) in [4.78, 5) is 23.5. The van der Waals surface area contributed by atoms with Crippen LogP contribution in [-0.2, 0) is 4.74 Å². The summed E-state index contributed by atoms with van der Waals surface area (Å²) in [6, 6.07) is 10.8. The number of nitrogens with zero attached hydrogens (tertiary/aromatic N) is 3. The molecule has 3 heterocycles. The van der Waals surface area contributed by atoms with Crippen molar-refractivity contribution in [1.29, 1.82) is 0 Å². The van der Waals surface area contributed by atoms with Crippen LogP contribution in [0.3, 0.4) is 0 Å². The Hall–Kier alpha value is -2.39. The Bertz CT molecular complexity index is 1050. The van der Waals surface area contributed by atoms with Gasteiger partial charge in [0.25, 0.3) is 5.91 Å². The van der Waals surface area contributed by atoms with Crippen molar-refractivity contribution in [2.75, 3.05) is 41.8 Å². The highest BCUT2D eigenvalue weighted by Crippen LogP contribution is 2.31. The van der Waals surface area contributed by atoms with Crippen LogP contribution in [0.4, 0.5) is 23.0 Å². The number of hydrogen-bond donors (Lipinski definition) is 2. The first-order valence-electron chi connectivity index (χ1n) is 9.29. The minimum absolute atomic E-state index is 0.301. The number of aryl methyl sites for hydroxylation is 1. The largest absolute Gasteiger partial charge is 0.378 e. The van der Waals surface area contributed by atoms with E-state index >= 15 is 0 Å². The zero-order chi connectivity index (χ0) is 21.1. The molecule has 0 aliphatic carbocycles. The molecule has 0 spiro atoms. The number of amides is 1. The number of ether oxygens (including phenoxy) is 1. The van der Waals surface area contributed by atoms with Crippen LogP contribution >= 0.6 is 34.5 Å². The van der Waals surface area contributed by atoms with Crippen molar-refractivity contribution in [3.8, 4) is 0 Å². The standard InChI is InChI=1S/C20H19Cl2N5O2S/c1-12-23-17(11-18(24-12)27-6-8-29-9-7-27)25-13-2-4-14(5-3-13)26-20(28)15-10-16(21)30-19(15)22/h2-5,10-11H,6-9H2,1H3,(H,26,28)(H,23,24,25). The lowest BCUT2D eigenvalue weighted by molar-refractivity contribution is 0.102. The summed E-state index contributed by atoms with van der Waals surface area (Å²) in [5.74, 6) is 1.98. The van der Waals surface area contributed by atoms with Gasteiger partial charge >= 0.3 is 0 Å². The number of benzene rings is 1. The van der Waals surface area contributed by atoms with E-state index in [0.29, 0.717) is 44.8 Å². The molecule has 1 saturated heterocycles. The molecule has 0 atom stereocenters. The Kier molecular flexibility index (Phi) is 6.38. The topological polar surface area (TPSA) is 79.4 Å². The molecule has 1 amide bonds. The number of morpholine rings is 1. The molecule has 0 radical (unpaired) electrons. The van der Waals surface area contributed by atoms with Crippen LogP contribution in [0.25, 0.3) is 0 Å². The molecule has 10 heteroatoms. The fourth-order valence-electron chi connectivity index (χ4n) is 3.05.